The molecule has 0 radical (unpaired) electrons. The zero-order valence-electron chi connectivity index (χ0n) is 8.69. The molecule has 88 valence electrons. The Morgan fingerprint density at radius 3 is 2.50 bits per heavy atom. The normalized spacial score (nSPS) is 12.1. The molecule has 0 saturated carbocycles. The van der Waals surface area contributed by atoms with E-state index in [0.717, 1.165) is 5.56 Å². The Bertz CT molecular complexity index is 340. The van der Waals surface area contributed by atoms with Gasteiger partial charge in [-0.2, -0.15) is 0 Å². The van der Waals surface area contributed by atoms with E-state index in [-0.39, 0.29) is 24.9 Å². The number of aliphatic hydroxyl groups excluding tert-OH is 1. The largest absolute Gasteiger partial charge is 0.465 e. The number of halogens is 1. The molecule has 4 nitrogen and oxygen atoms in total. The van der Waals surface area contributed by atoms with Gasteiger partial charge in [0, 0.05) is 19.1 Å². The Hall–Kier alpha value is -1.62. The van der Waals surface area contributed by atoms with Gasteiger partial charge >= 0.3 is 6.09 Å². The predicted molar refractivity (Wildman–Crippen MR) is 56.9 cm³/mol. The third kappa shape index (κ3) is 3.86. The third-order valence-electron chi connectivity index (χ3n) is 2.32. The number of rotatable bonds is 5. The maximum Gasteiger partial charge on any atom is 0.404 e. The molecule has 1 atom stereocenters. The van der Waals surface area contributed by atoms with Gasteiger partial charge in [0.05, 0.1) is 0 Å². The molecule has 0 spiro atoms. The number of nitrogens with one attached hydrogen (secondary N) is 1. The minimum absolute atomic E-state index is 0.0384. The van der Waals surface area contributed by atoms with Crippen molar-refractivity contribution < 1.29 is 19.4 Å². The van der Waals surface area contributed by atoms with Crippen molar-refractivity contribution >= 4 is 6.09 Å². The Morgan fingerprint density at radius 1 is 1.38 bits per heavy atom. The minimum Gasteiger partial charge on any atom is -0.465 e. The van der Waals surface area contributed by atoms with Gasteiger partial charge in [0.2, 0.25) is 0 Å². The zero-order valence-corrected chi connectivity index (χ0v) is 8.69. The molecular formula is C11H14FNO3. The van der Waals surface area contributed by atoms with Crippen LogP contribution in [-0.4, -0.2) is 29.5 Å². The van der Waals surface area contributed by atoms with E-state index in [2.05, 4.69) is 5.32 Å². The summed E-state index contributed by atoms with van der Waals surface area (Å²) in [4.78, 5) is 10.4. The first-order valence-corrected chi connectivity index (χ1v) is 4.96. The molecule has 1 aromatic rings. The highest BCUT2D eigenvalue weighted by Crippen LogP contribution is 2.18. The van der Waals surface area contributed by atoms with Crippen molar-refractivity contribution in [3.05, 3.63) is 35.6 Å². The summed E-state index contributed by atoms with van der Waals surface area (Å²) < 4.78 is 12.7. The molecule has 0 aliphatic heterocycles. The van der Waals surface area contributed by atoms with Crippen molar-refractivity contribution in [3.63, 3.8) is 0 Å². The fraction of sp³-hybridized carbons (Fsp3) is 0.364. The van der Waals surface area contributed by atoms with Gasteiger partial charge in [-0.3, -0.25) is 0 Å². The van der Waals surface area contributed by atoms with E-state index in [9.17, 15) is 9.18 Å². The van der Waals surface area contributed by atoms with Crippen molar-refractivity contribution in [1.82, 2.24) is 5.32 Å². The van der Waals surface area contributed by atoms with Crippen LogP contribution in [0.5, 0.6) is 0 Å². The number of hydrogen-bond acceptors (Lipinski definition) is 2. The van der Waals surface area contributed by atoms with Gasteiger partial charge in [-0.05, 0) is 24.1 Å². The van der Waals surface area contributed by atoms with Crippen LogP contribution in [0.25, 0.3) is 0 Å². The summed E-state index contributed by atoms with van der Waals surface area (Å²) >= 11 is 0. The lowest BCUT2D eigenvalue weighted by molar-refractivity contribution is 0.192. The Morgan fingerprint density at radius 2 is 2.00 bits per heavy atom. The first-order valence-electron chi connectivity index (χ1n) is 4.96. The molecule has 1 rings (SSSR count). The molecule has 0 aromatic heterocycles. The molecular weight excluding hydrogens is 213 g/mol. The van der Waals surface area contributed by atoms with Crippen LogP contribution in [0.15, 0.2) is 24.3 Å². The molecule has 0 heterocycles. The standard InChI is InChI=1S/C11H14FNO3/c12-10-3-1-8(2-4-10)9(5-6-14)7-13-11(15)16/h1-4,9,13-14H,5-7H2,(H,15,16)/t9-/m1/s1. The highest BCUT2D eigenvalue weighted by molar-refractivity contribution is 5.64. The number of carbonyl (C=O) groups is 1. The van der Waals surface area contributed by atoms with E-state index >= 15 is 0 Å². The first-order chi connectivity index (χ1) is 7.63. The van der Waals surface area contributed by atoms with Crippen LogP contribution in [-0.2, 0) is 0 Å². The number of benzene rings is 1. The molecule has 5 heteroatoms. The number of amides is 1. The van der Waals surface area contributed by atoms with Crippen LogP contribution in [0, 0.1) is 5.82 Å². The van der Waals surface area contributed by atoms with Gasteiger partial charge in [-0.15, -0.1) is 0 Å². The predicted octanol–water partition coefficient (Wildman–Crippen LogP) is 1.56. The van der Waals surface area contributed by atoms with Crippen molar-refractivity contribution in [1.29, 1.82) is 0 Å². The summed E-state index contributed by atoms with van der Waals surface area (Å²) in [6, 6.07) is 5.83. The van der Waals surface area contributed by atoms with Crippen LogP contribution in [0.4, 0.5) is 9.18 Å². The van der Waals surface area contributed by atoms with Crippen molar-refractivity contribution in [2.75, 3.05) is 13.2 Å². The highest BCUT2D eigenvalue weighted by Gasteiger charge is 2.12. The van der Waals surface area contributed by atoms with Gasteiger partial charge in [-0.25, -0.2) is 9.18 Å². The Balaban J connectivity index is 2.68. The molecule has 0 bridgehead atoms. The molecule has 0 aliphatic rings. The summed E-state index contributed by atoms with van der Waals surface area (Å²) in [6.45, 7) is 0.171. The van der Waals surface area contributed by atoms with Gasteiger partial charge in [-0.1, -0.05) is 12.1 Å². The first kappa shape index (κ1) is 12.4. The molecule has 1 amide bonds. The summed E-state index contributed by atoms with van der Waals surface area (Å²) in [5, 5.41) is 19.6. The highest BCUT2D eigenvalue weighted by atomic mass is 19.1. The molecule has 1 aromatic carbocycles. The molecule has 0 unspecified atom stereocenters. The second-order valence-corrected chi connectivity index (χ2v) is 3.45. The van der Waals surface area contributed by atoms with Gasteiger partial charge in [0.25, 0.3) is 0 Å². The zero-order chi connectivity index (χ0) is 12.0. The van der Waals surface area contributed by atoms with Crippen molar-refractivity contribution in [2.24, 2.45) is 0 Å². The van der Waals surface area contributed by atoms with E-state index in [1.165, 1.54) is 12.1 Å². The molecule has 3 N–H and O–H groups in total. The Labute approximate surface area is 92.7 Å². The molecule has 0 saturated heterocycles. The van der Waals surface area contributed by atoms with Crippen molar-refractivity contribution in [3.8, 4) is 0 Å². The molecule has 0 fully saturated rings. The topological polar surface area (TPSA) is 69.6 Å². The summed E-state index contributed by atoms with van der Waals surface area (Å²) in [6.07, 6.45) is -0.670. The second kappa shape index (κ2) is 6.07. The van der Waals surface area contributed by atoms with E-state index in [1.807, 2.05) is 0 Å². The maximum atomic E-state index is 12.7. The SMILES string of the molecule is O=C(O)NC[C@@H](CCO)c1ccc(F)cc1. The van der Waals surface area contributed by atoms with Crippen LogP contribution in [0.3, 0.4) is 0 Å². The minimum atomic E-state index is -1.11. The Kier molecular flexibility index (Phi) is 4.72. The molecule has 16 heavy (non-hydrogen) atoms. The van der Waals surface area contributed by atoms with E-state index < -0.39 is 6.09 Å². The quantitative estimate of drug-likeness (QED) is 0.715. The van der Waals surface area contributed by atoms with Gasteiger partial charge < -0.3 is 15.5 Å². The summed E-state index contributed by atoms with van der Waals surface area (Å²) in [7, 11) is 0. The smallest absolute Gasteiger partial charge is 0.404 e. The van der Waals surface area contributed by atoms with Crippen molar-refractivity contribution in [2.45, 2.75) is 12.3 Å². The van der Waals surface area contributed by atoms with E-state index in [1.54, 1.807) is 12.1 Å². The fourth-order valence-corrected chi connectivity index (χ4v) is 1.49. The number of hydrogen-bond donors (Lipinski definition) is 3. The summed E-state index contributed by atoms with van der Waals surface area (Å²) in [5.41, 5.74) is 0.809. The number of carboxylic acid groups (broad SMARTS) is 1. The monoisotopic (exact) mass is 227 g/mol. The van der Waals surface area contributed by atoms with Crippen LogP contribution >= 0.6 is 0 Å². The average Bonchev–Trinajstić information content (AvgIpc) is 2.25. The lowest BCUT2D eigenvalue weighted by atomic mass is 9.96. The maximum absolute atomic E-state index is 12.7. The number of aliphatic hydroxyl groups is 1. The second-order valence-electron chi connectivity index (χ2n) is 3.45. The van der Waals surface area contributed by atoms with Crippen LogP contribution in [0.2, 0.25) is 0 Å². The lowest BCUT2D eigenvalue weighted by Gasteiger charge is -2.15. The third-order valence-corrected chi connectivity index (χ3v) is 2.32. The van der Waals surface area contributed by atoms with E-state index in [0.29, 0.717) is 6.42 Å². The van der Waals surface area contributed by atoms with E-state index in [4.69, 9.17) is 10.2 Å². The lowest BCUT2D eigenvalue weighted by Crippen LogP contribution is -2.27. The fourth-order valence-electron chi connectivity index (χ4n) is 1.49. The van der Waals surface area contributed by atoms with Gasteiger partial charge in [0.15, 0.2) is 0 Å². The van der Waals surface area contributed by atoms with Gasteiger partial charge in [0.1, 0.15) is 5.82 Å². The average molecular weight is 227 g/mol. The molecule has 0 aliphatic carbocycles. The van der Waals surface area contributed by atoms with Crippen LogP contribution in [0.1, 0.15) is 17.9 Å². The van der Waals surface area contributed by atoms with Crippen LogP contribution < -0.4 is 5.32 Å². The summed E-state index contributed by atoms with van der Waals surface area (Å²) in [5.74, 6) is -0.473.